The van der Waals surface area contributed by atoms with E-state index in [1.165, 1.54) is 6.07 Å². The van der Waals surface area contributed by atoms with Crippen LogP contribution in [0.15, 0.2) is 51.8 Å². The third-order valence-electron chi connectivity index (χ3n) is 2.89. The molecule has 0 aliphatic heterocycles. The van der Waals surface area contributed by atoms with Crippen LogP contribution in [0.4, 0.5) is 5.69 Å². The van der Waals surface area contributed by atoms with Crippen molar-refractivity contribution in [1.82, 2.24) is 4.72 Å². The number of para-hydroxylation sites is 1. The van der Waals surface area contributed by atoms with Crippen LogP contribution in [0.3, 0.4) is 0 Å². The number of sulfonamides is 1. The van der Waals surface area contributed by atoms with Crippen molar-refractivity contribution in [2.45, 2.75) is 11.4 Å². The summed E-state index contributed by atoms with van der Waals surface area (Å²) in [5, 5.41) is 0. The van der Waals surface area contributed by atoms with Crippen LogP contribution >= 0.6 is 15.9 Å². The van der Waals surface area contributed by atoms with Gasteiger partial charge in [0.25, 0.3) is 0 Å². The van der Waals surface area contributed by atoms with Crippen LogP contribution in [0.5, 0.6) is 5.75 Å². The van der Waals surface area contributed by atoms with Gasteiger partial charge in [-0.25, -0.2) is 13.1 Å². The number of nitrogens with one attached hydrogen (secondary N) is 1. The molecule has 0 spiro atoms. The molecule has 0 aliphatic rings. The molecule has 2 aromatic carbocycles. The highest BCUT2D eigenvalue weighted by molar-refractivity contribution is 9.10. The Kier molecular flexibility index (Phi) is 4.87. The molecular weight excluding hydrogens is 356 g/mol. The number of anilines is 1. The number of rotatable bonds is 5. The number of methoxy groups -OCH3 is 1. The smallest absolute Gasteiger partial charge is 0.242 e. The van der Waals surface area contributed by atoms with Crippen molar-refractivity contribution in [3.63, 3.8) is 0 Å². The molecule has 0 radical (unpaired) electrons. The average molecular weight is 371 g/mol. The highest BCUT2D eigenvalue weighted by Crippen LogP contribution is 2.25. The summed E-state index contributed by atoms with van der Waals surface area (Å²) in [4.78, 5) is 0.109. The van der Waals surface area contributed by atoms with E-state index in [0.717, 1.165) is 5.56 Å². The summed E-state index contributed by atoms with van der Waals surface area (Å²) >= 11 is 3.22. The molecule has 0 bridgehead atoms. The molecule has 2 rings (SSSR count). The van der Waals surface area contributed by atoms with Gasteiger partial charge in [0.05, 0.1) is 12.0 Å². The van der Waals surface area contributed by atoms with E-state index >= 15 is 0 Å². The topological polar surface area (TPSA) is 81.4 Å². The minimum atomic E-state index is -3.67. The number of hydrogen-bond acceptors (Lipinski definition) is 4. The van der Waals surface area contributed by atoms with Gasteiger partial charge < -0.3 is 10.5 Å². The van der Waals surface area contributed by atoms with Crippen LogP contribution in [0.1, 0.15) is 5.56 Å². The van der Waals surface area contributed by atoms with E-state index in [4.69, 9.17) is 10.5 Å². The molecule has 0 unspecified atom stereocenters. The molecule has 0 saturated heterocycles. The molecule has 0 fully saturated rings. The molecular formula is C14H15BrN2O3S. The van der Waals surface area contributed by atoms with E-state index in [0.29, 0.717) is 15.9 Å². The van der Waals surface area contributed by atoms with Crippen LogP contribution in [-0.2, 0) is 16.6 Å². The first-order chi connectivity index (χ1) is 9.94. The van der Waals surface area contributed by atoms with E-state index in [9.17, 15) is 8.42 Å². The number of ether oxygens (including phenoxy) is 1. The highest BCUT2D eigenvalue weighted by atomic mass is 79.9. The van der Waals surface area contributed by atoms with Gasteiger partial charge in [-0.2, -0.15) is 0 Å². The van der Waals surface area contributed by atoms with Crippen LogP contribution in [0.25, 0.3) is 0 Å². The van der Waals surface area contributed by atoms with E-state index < -0.39 is 10.0 Å². The van der Waals surface area contributed by atoms with Gasteiger partial charge in [0, 0.05) is 22.3 Å². The Morgan fingerprint density at radius 1 is 1.24 bits per heavy atom. The zero-order valence-corrected chi connectivity index (χ0v) is 13.7. The predicted octanol–water partition coefficient (Wildman–Crippen LogP) is 2.52. The average Bonchev–Trinajstić information content (AvgIpc) is 2.48. The Bertz CT molecular complexity index is 748. The Labute approximate surface area is 132 Å². The Morgan fingerprint density at radius 3 is 2.67 bits per heavy atom. The maximum Gasteiger partial charge on any atom is 0.242 e. The summed E-state index contributed by atoms with van der Waals surface area (Å²) in [5.74, 6) is 0.631. The van der Waals surface area contributed by atoms with Gasteiger partial charge in [0.1, 0.15) is 5.75 Å². The lowest BCUT2D eigenvalue weighted by Crippen LogP contribution is -2.24. The first-order valence-corrected chi connectivity index (χ1v) is 8.38. The summed E-state index contributed by atoms with van der Waals surface area (Å²) in [6, 6.07) is 11.9. The second-order valence-electron chi connectivity index (χ2n) is 4.33. The molecule has 0 atom stereocenters. The summed E-state index contributed by atoms with van der Waals surface area (Å²) in [6.07, 6.45) is 0. The summed E-state index contributed by atoms with van der Waals surface area (Å²) in [5.41, 5.74) is 6.78. The minimum Gasteiger partial charge on any atom is -0.496 e. The lowest BCUT2D eigenvalue weighted by atomic mass is 10.2. The number of nitrogen functional groups attached to an aromatic ring is 1. The van der Waals surface area contributed by atoms with E-state index in [-0.39, 0.29) is 11.4 Å². The highest BCUT2D eigenvalue weighted by Gasteiger charge is 2.18. The summed E-state index contributed by atoms with van der Waals surface area (Å²) in [7, 11) is -2.13. The van der Waals surface area contributed by atoms with Crippen molar-refractivity contribution in [3.8, 4) is 5.75 Å². The summed E-state index contributed by atoms with van der Waals surface area (Å²) in [6.45, 7) is 0.133. The Balaban J connectivity index is 2.24. The van der Waals surface area contributed by atoms with E-state index in [2.05, 4.69) is 20.7 Å². The van der Waals surface area contributed by atoms with Crippen molar-refractivity contribution >= 4 is 31.6 Å². The molecule has 5 nitrogen and oxygen atoms in total. The maximum absolute atomic E-state index is 12.3. The van der Waals surface area contributed by atoms with Gasteiger partial charge >= 0.3 is 0 Å². The molecule has 0 aromatic heterocycles. The molecule has 21 heavy (non-hydrogen) atoms. The first-order valence-electron chi connectivity index (χ1n) is 6.10. The van der Waals surface area contributed by atoms with Crippen molar-refractivity contribution in [1.29, 1.82) is 0 Å². The van der Waals surface area contributed by atoms with Gasteiger partial charge in [0.2, 0.25) is 10.0 Å². The van der Waals surface area contributed by atoms with Crippen LogP contribution in [0.2, 0.25) is 0 Å². The van der Waals surface area contributed by atoms with Crippen molar-refractivity contribution in [2.24, 2.45) is 0 Å². The van der Waals surface area contributed by atoms with Crippen molar-refractivity contribution < 1.29 is 13.2 Å². The fourth-order valence-corrected chi connectivity index (χ4v) is 3.83. The molecule has 7 heteroatoms. The van der Waals surface area contributed by atoms with Crippen molar-refractivity contribution in [2.75, 3.05) is 12.8 Å². The quantitative estimate of drug-likeness (QED) is 0.792. The van der Waals surface area contributed by atoms with Crippen LogP contribution in [-0.4, -0.2) is 15.5 Å². The number of hydrogen-bond donors (Lipinski definition) is 2. The predicted molar refractivity (Wildman–Crippen MR) is 85.6 cm³/mol. The SMILES string of the molecule is COc1ccccc1CNS(=O)(=O)c1cc(N)ccc1Br. The van der Waals surface area contributed by atoms with Gasteiger partial charge in [-0.05, 0) is 40.2 Å². The van der Waals surface area contributed by atoms with E-state index in [1.807, 2.05) is 12.1 Å². The minimum absolute atomic E-state index is 0.109. The first kappa shape index (κ1) is 15.8. The number of nitrogens with two attached hydrogens (primary N) is 1. The second-order valence-corrected chi connectivity index (χ2v) is 6.92. The fraction of sp³-hybridized carbons (Fsp3) is 0.143. The third kappa shape index (κ3) is 3.75. The molecule has 0 saturated carbocycles. The third-order valence-corrected chi connectivity index (χ3v) is 5.29. The van der Waals surface area contributed by atoms with E-state index in [1.54, 1.807) is 31.4 Å². The normalized spacial score (nSPS) is 11.3. The molecule has 112 valence electrons. The van der Waals surface area contributed by atoms with Crippen molar-refractivity contribution in [3.05, 3.63) is 52.5 Å². The fourth-order valence-electron chi connectivity index (χ4n) is 1.83. The van der Waals surface area contributed by atoms with Crippen LogP contribution < -0.4 is 15.2 Å². The zero-order valence-electron chi connectivity index (χ0n) is 11.3. The lowest BCUT2D eigenvalue weighted by Gasteiger charge is -2.11. The monoisotopic (exact) mass is 370 g/mol. The van der Waals surface area contributed by atoms with Gasteiger partial charge in [-0.3, -0.25) is 0 Å². The second kappa shape index (κ2) is 6.46. The molecule has 0 amide bonds. The van der Waals surface area contributed by atoms with Gasteiger partial charge in [0.15, 0.2) is 0 Å². The van der Waals surface area contributed by atoms with Gasteiger partial charge in [-0.15, -0.1) is 0 Å². The molecule has 0 heterocycles. The Hall–Kier alpha value is -1.57. The lowest BCUT2D eigenvalue weighted by molar-refractivity contribution is 0.409. The number of benzene rings is 2. The van der Waals surface area contributed by atoms with Crippen LogP contribution in [0, 0.1) is 0 Å². The molecule has 0 aliphatic carbocycles. The standard InChI is InChI=1S/C14H15BrN2O3S/c1-20-13-5-3-2-4-10(13)9-17-21(18,19)14-8-11(16)6-7-12(14)15/h2-8,17H,9,16H2,1H3. The maximum atomic E-state index is 12.3. The summed E-state index contributed by atoms with van der Waals surface area (Å²) < 4.78 is 32.9. The zero-order chi connectivity index (χ0) is 15.5. The largest absolute Gasteiger partial charge is 0.496 e. The molecule has 2 aromatic rings. The molecule has 3 N–H and O–H groups in total. The number of halogens is 1. The van der Waals surface area contributed by atoms with Gasteiger partial charge in [-0.1, -0.05) is 18.2 Å². The Morgan fingerprint density at radius 2 is 1.95 bits per heavy atom.